The molecule has 0 bridgehead atoms. The lowest BCUT2D eigenvalue weighted by molar-refractivity contribution is 0.137. The number of nitrogens with zero attached hydrogens (tertiary/aromatic N) is 1. The van der Waals surface area contributed by atoms with E-state index in [1.165, 1.54) is 55.2 Å². The van der Waals surface area contributed by atoms with E-state index in [1.807, 2.05) is 11.9 Å². The van der Waals surface area contributed by atoms with Crippen molar-refractivity contribution in [2.24, 2.45) is 17.6 Å². The van der Waals surface area contributed by atoms with Gasteiger partial charge in [-0.05, 0) is 87.6 Å². The van der Waals surface area contributed by atoms with Gasteiger partial charge in [0.05, 0.1) is 6.04 Å². The fraction of sp³-hybridized carbons (Fsp3) is 0.690. The molecule has 1 aliphatic heterocycles. The second-order valence-corrected chi connectivity index (χ2v) is 10.2. The Hall–Kier alpha value is -1.85. The van der Waals surface area contributed by atoms with Crippen LogP contribution in [0.1, 0.15) is 83.1 Å². The molecule has 0 radical (unpaired) electrons. The number of rotatable bonds is 12. The van der Waals surface area contributed by atoms with Crippen LogP contribution in [0.4, 0.5) is 4.79 Å². The summed E-state index contributed by atoms with van der Waals surface area (Å²) in [5, 5.41) is 3.46. The zero-order valence-corrected chi connectivity index (χ0v) is 21.6. The number of primary amides is 1. The summed E-state index contributed by atoms with van der Waals surface area (Å²) in [4.78, 5) is 14.7. The lowest BCUT2D eigenvalue weighted by atomic mass is 9.74. The molecule has 2 atom stereocenters. The van der Waals surface area contributed by atoms with Crippen LogP contribution in [0, 0.1) is 11.8 Å². The van der Waals surface area contributed by atoms with Gasteiger partial charge in [0.1, 0.15) is 0 Å². The molecule has 2 aliphatic rings. The van der Waals surface area contributed by atoms with Gasteiger partial charge >= 0.3 is 6.03 Å². The Kier molecular flexibility index (Phi) is 11.4. The number of hydrogen-bond donors (Lipinski definition) is 2. The first-order chi connectivity index (χ1) is 16.7. The van der Waals surface area contributed by atoms with Crippen molar-refractivity contribution in [3.8, 4) is 0 Å². The van der Waals surface area contributed by atoms with Crippen molar-refractivity contribution >= 4 is 11.6 Å². The number of likely N-dealkylation sites (tertiary alicyclic amines) is 1. The molecular formula is C29H47N3O2. The van der Waals surface area contributed by atoms with E-state index in [1.54, 1.807) is 0 Å². The maximum Gasteiger partial charge on any atom is 0.315 e. The van der Waals surface area contributed by atoms with Crippen LogP contribution in [-0.4, -0.2) is 50.3 Å². The minimum absolute atomic E-state index is 0.0859. The molecule has 1 heterocycles. The Morgan fingerprint density at radius 2 is 1.91 bits per heavy atom. The molecule has 2 amide bonds. The number of nitrogens with one attached hydrogen (secondary N) is 1. The molecule has 0 aromatic heterocycles. The number of ether oxygens (including phenoxy) is 1. The minimum Gasteiger partial charge on any atom is -0.382 e. The molecule has 1 unspecified atom stereocenters. The van der Waals surface area contributed by atoms with E-state index >= 15 is 0 Å². The summed E-state index contributed by atoms with van der Waals surface area (Å²) >= 11 is 0. The first-order valence-corrected chi connectivity index (χ1v) is 13.7. The van der Waals surface area contributed by atoms with Crippen LogP contribution in [-0.2, 0) is 4.74 Å². The van der Waals surface area contributed by atoms with Crippen LogP contribution in [0.3, 0.4) is 0 Å². The van der Waals surface area contributed by atoms with Crippen molar-refractivity contribution in [2.75, 3.05) is 33.4 Å². The predicted octanol–water partition coefficient (Wildman–Crippen LogP) is 6.00. The van der Waals surface area contributed by atoms with Gasteiger partial charge in [-0.1, -0.05) is 62.4 Å². The number of nitrogens with two attached hydrogens (primary N) is 1. The summed E-state index contributed by atoms with van der Waals surface area (Å²) in [5.74, 6) is 1.15. The van der Waals surface area contributed by atoms with Crippen molar-refractivity contribution in [3.63, 3.8) is 0 Å². The Labute approximate surface area is 207 Å². The van der Waals surface area contributed by atoms with E-state index < -0.39 is 0 Å². The first-order valence-electron chi connectivity index (χ1n) is 13.7. The normalized spacial score (nSPS) is 21.9. The SMILES string of the molecule is CCOCCCCC(=C1CCCN(C(N)=O)C1[C@H](CNC)CC1CCCCC1)c1ccccc1. The second-order valence-electron chi connectivity index (χ2n) is 10.2. The average molecular weight is 470 g/mol. The fourth-order valence-electron chi connectivity index (χ4n) is 6.25. The number of allylic oxidation sites excluding steroid dienone is 1. The molecule has 1 aromatic carbocycles. The number of urea groups is 1. The first kappa shape index (κ1) is 26.7. The highest BCUT2D eigenvalue weighted by molar-refractivity contribution is 5.76. The third kappa shape index (κ3) is 7.58. The van der Waals surface area contributed by atoms with Crippen LogP contribution < -0.4 is 11.1 Å². The highest BCUT2D eigenvalue weighted by atomic mass is 16.5. The minimum atomic E-state index is -0.268. The largest absolute Gasteiger partial charge is 0.382 e. The van der Waals surface area contributed by atoms with E-state index in [0.717, 1.165) is 64.3 Å². The molecule has 190 valence electrons. The molecule has 3 rings (SSSR count). The van der Waals surface area contributed by atoms with Gasteiger partial charge in [0.15, 0.2) is 0 Å². The van der Waals surface area contributed by atoms with Crippen molar-refractivity contribution < 1.29 is 9.53 Å². The smallest absolute Gasteiger partial charge is 0.315 e. The summed E-state index contributed by atoms with van der Waals surface area (Å²) in [5.41, 5.74) is 10.2. The molecule has 5 heteroatoms. The molecule has 1 saturated heterocycles. The molecule has 1 saturated carbocycles. The third-order valence-electron chi connectivity index (χ3n) is 7.77. The second kappa shape index (κ2) is 14.5. The molecule has 34 heavy (non-hydrogen) atoms. The van der Waals surface area contributed by atoms with Crippen LogP contribution in [0.5, 0.6) is 0 Å². The van der Waals surface area contributed by atoms with Gasteiger partial charge in [-0.15, -0.1) is 0 Å². The van der Waals surface area contributed by atoms with Crippen molar-refractivity contribution in [3.05, 3.63) is 41.5 Å². The number of hydrogen-bond acceptors (Lipinski definition) is 3. The van der Waals surface area contributed by atoms with E-state index in [9.17, 15) is 4.79 Å². The lowest BCUT2D eigenvalue weighted by Crippen LogP contribution is -2.53. The maximum absolute atomic E-state index is 12.7. The van der Waals surface area contributed by atoms with Gasteiger partial charge in [0.25, 0.3) is 0 Å². The number of unbranched alkanes of at least 4 members (excludes halogenated alkanes) is 1. The topological polar surface area (TPSA) is 67.6 Å². The van der Waals surface area contributed by atoms with E-state index in [4.69, 9.17) is 10.5 Å². The van der Waals surface area contributed by atoms with Gasteiger partial charge in [-0.3, -0.25) is 0 Å². The predicted molar refractivity (Wildman–Crippen MR) is 142 cm³/mol. The monoisotopic (exact) mass is 469 g/mol. The quantitative estimate of drug-likeness (QED) is 0.369. The Balaban J connectivity index is 1.96. The number of carbonyl (C=O) groups is 1. The standard InChI is InChI=1S/C29H47N3O2/c1-3-34-20-11-10-17-26(24-15-8-5-9-16-24)27-18-12-19-32(29(30)33)28(27)25(22-31-2)21-23-13-6-4-7-14-23/h5,8-9,15-16,23,25,28,31H,3-4,6-7,10-14,17-22H2,1-2H3,(H2,30,33)/t25-,28?/m0/s1. The Morgan fingerprint density at radius 1 is 1.15 bits per heavy atom. The van der Waals surface area contributed by atoms with Crippen LogP contribution in [0.2, 0.25) is 0 Å². The van der Waals surface area contributed by atoms with Crippen LogP contribution >= 0.6 is 0 Å². The van der Waals surface area contributed by atoms with Crippen molar-refractivity contribution in [1.29, 1.82) is 0 Å². The molecule has 0 spiro atoms. The summed E-state index contributed by atoms with van der Waals surface area (Å²) in [6, 6.07) is 10.6. The van der Waals surface area contributed by atoms with Gasteiger partial charge in [-0.25, -0.2) is 4.79 Å². The molecular weight excluding hydrogens is 422 g/mol. The van der Waals surface area contributed by atoms with E-state index in [-0.39, 0.29) is 12.1 Å². The fourth-order valence-corrected chi connectivity index (χ4v) is 6.25. The van der Waals surface area contributed by atoms with Crippen molar-refractivity contribution in [1.82, 2.24) is 10.2 Å². The van der Waals surface area contributed by atoms with Gasteiger partial charge in [-0.2, -0.15) is 0 Å². The zero-order chi connectivity index (χ0) is 24.2. The van der Waals surface area contributed by atoms with E-state index in [0.29, 0.717) is 5.92 Å². The molecule has 1 aromatic rings. The highest BCUT2D eigenvalue weighted by Gasteiger charge is 2.37. The third-order valence-corrected chi connectivity index (χ3v) is 7.77. The molecule has 2 fully saturated rings. The van der Waals surface area contributed by atoms with Crippen LogP contribution in [0.15, 0.2) is 35.9 Å². The number of carbonyl (C=O) groups excluding carboxylic acids is 1. The molecule has 1 aliphatic carbocycles. The zero-order valence-electron chi connectivity index (χ0n) is 21.6. The summed E-state index contributed by atoms with van der Waals surface area (Å²) in [6.07, 6.45) is 13.1. The number of amides is 2. The summed E-state index contributed by atoms with van der Waals surface area (Å²) in [6.45, 7) is 5.32. The molecule has 5 nitrogen and oxygen atoms in total. The van der Waals surface area contributed by atoms with Crippen LogP contribution in [0.25, 0.3) is 5.57 Å². The van der Waals surface area contributed by atoms with E-state index in [2.05, 4.69) is 42.6 Å². The number of benzene rings is 1. The lowest BCUT2D eigenvalue weighted by Gasteiger charge is -2.44. The van der Waals surface area contributed by atoms with Gasteiger partial charge < -0.3 is 20.7 Å². The summed E-state index contributed by atoms with van der Waals surface area (Å²) in [7, 11) is 2.04. The van der Waals surface area contributed by atoms with Gasteiger partial charge in [0, 0.05) is 19.8 Å². The van der Waals surface area contributed by atoms with Gasteiger partial charge in [0.2, 0.25) is 0 Å². The summed E-state index contributed by atoms with van der Waals surface area (Å²) < 4.78 is 5.60. The Morgan fingerprint density at radius 3 is 2.59 bits per heavy atom. The maximum atomic E-state index is 12.7. The molecule has 3 N–H and O–H groups in total. The van der Waals surface area contributed by atoms with Crippen molar-refractivity contribution in [2.45, 2.75) is 83.6 Å². The highest BCUT2D eigenvalue weighted by Crippen LogP contribution is 2.40. The average Bonchev–Trinajstić information content (AvgIpc) is 2.87. The Bertz CT molecular complexity index is 758. The number of piperidine rings is 1.